The van der Waals surface area contributed by atoms with Crippen LogP contribution < -0.4 is 10.9 Å². The zero-order valence-electron chi connectivity index (χ0n) is 12.6. The molecule has 6 nitrogen and oxygen atoms in total. The first-order valence-corrected chi connectivity index (χ1v) is 7.38. The molecule has 0 aliphatic heterocycles. The van der Waals surface area contributed by atoms with Gasteiger partial charge in [-0.05, 0) is 44.4 Å². The lowest BCUT2D eigenvalue weighted by Gasteiger charge is -2.14. The van der Waals surface area contributed by atoms with Crippen LogP contribution in [0.2, 0.25) is 0 Å². The van der Waals surface area contributed by atoms with Crippen LogP contribution in [0, 0.1) is 6.92 Å². The van der Waals surface area contributed by atoms with Gasteiger partial charge in [0.2, 0.25) is 5.91 Å². The molecule has 0 spiro atoms. The molecular formula is C16H18N4O2. The second-order valence-corrected chi connectivity index (χ2v) is 5.70. The third kappa shape index (κ3) is 3.05. The second-order valence-electron chi connectivity index (χ2n) is 5.70. The fourth-order valence-corrected chi connectivity index (χ4v) is 2.20. The maximum atomic E-state index is 12.3. The molecular weight excluding hydrogens is 280 g/mol. The van der Waals surface area contributed by atoms with Gasteiger partial charge in [0.25, 0.3) is 5.56 Å². The molecule has 1 N–H and O–H groups in total. The third-order valence-electron chi connectivity index (χ3n) is 3.75. The van der Waals surface area contributed by atoms with Crippen molar-refractivity contribution < 1.29 is 4.79 Å². The summed E-state index contributed by atoms with van der Waals surface area (Å²) in [5.41, 5.74) is 1.62. The number of aryl methyl sites for hydroxylation is 1. The van der Waals surface area contributed by atoms with E-state index >= 15 is 0 Å². The van der Waals surface area contributed by atoms with E-state index in [0.717, 1.165) is 24.1 Å². The van der Waals surface area contributed by atoms with Crippen LogP contribution in [0.1, 0.15) is 43.0 Å². The molecule has 0 saturated heterocycles. The lowest BCUT2D eigenvalue weighted by molar-refractivity contribution is -0.119. The van der Waals surface area contributed by atoms with Gasteiger partial charge in [0, 0.05) is 18.2 Å². The number of hydrogen-bond donors (Lipinski definition) is 1. The molecule has 1 saturated carbocycles. The fourth-order valence-electron chi connectivity index (χ4n) is 2.20. The van der Waals surface area contributed by atoms with E-state index in [1.54, 1.807) is 25.3 Å². The average molecular weight is 298 g/mol. The predicted octanol–water partition coefficient (Wildman–Crippen LogP) is 2.02. The molecule has 1 atom stereocenters. The van der Waals surface area contributed by atoms with Crippen LogP contribution in [-0.2, 0) is 4.79 Å². The van der Waals surface area contributed by atoms with E-state index in [1.807, 2.05) is 13.0 Å². The number of rotatable bonds is 4. The van der Waals surface area contributed by atoms with Crippen LogP contribution in [0.15, 0.2) is 35.3 Å². The van der Waals surface area contributed by atoms with Gasteiger partial charge in [0.1, 0.15) is 11.9 Å². The lowest BCUT2D eigenvalue weighted by Crippen LogP contribution is -2.33. The van der Waals surface area contributed by atoms with E-state index in [1.165, 1.54) is 10.7 Å². The number of carbonyl (C=O) groups is 1. The Morgan fingerprint density at radius 2 is 2.09 bits per heavy atom. The summed E-state index contributed by atoms with van der Waals surface area (Å²) in [6.07, 6.45) is 3.87. The largest absolute Gasteiger partial charge is 0.309 e. The SMILES string of the molecule is Cc1ccc(NC(=O)[C@@H](C)n2nc(C3CC3)ccc2=O)nc1. The van der Waals surface area contributed by atoms with E-state index in [9.17, 15) is 9.59 Å². The van der Waals surface area contributed by atoms with E-state index in [2.05, 4.69) is 15.4 Å². The van der Waals surface area contributed by atoms with Gasteiger partial charge in [-0.25, -0.2) is 9.67 Å². The molecule has 3 rings (SSSR count). The number of carbonyl (C=O) groups excluding carboxylic acids is 1. The molecule has 0 unspecified atom stereocenters. The van der Waals surface area contributed by atoms with Crippen molar-refractivity contribution in [3.63, 3.8) is 0 Å². The predicted molar refractivity (Wildman–Crippen MR) is 82.8 cm³/mol. The van der Waals surface area contributed by atoms with Gasteiger partial charge in [-0.15, -0.1) is 0 Å². The number of pyridine rings is 1. The van der Waals surface area contributed by atoms with Crippen molar-refractivity contribution in [2.75, 3.05) is 5.32 Å². The minimum Gasteiger partial charge on any atom is -0.309 e. The summed E-state index contributed by atoms with van der Waals surface area (Å²) >= 11 is 0. The molecule has 0 bridgehead atoms. The number of nitrogens with one attached hydrogen (secondary N) is 1. The monoisotopic (exact) mass is 298 g/mol. The molecule has 1 aliphatic carbocycles. The zero-order chi connectivity index (χ0) is 15.7. The van der Waals surface area contributed by atoms with Crippen LogP contribution in [0.25, 0.3) is 0 Å². The second kappa shape index (κ2) is 5.71. The topological polar surface area (TPSA) is 76.9 Å². The van der Waals surface area contributed by atoms with Crippen molar-refractivity contribution in [1.82, 2.24) is 14.8 Å². The van der Waals surface area contributed by atoms with Gasteiger partial charge in [0.05, 0.1) is 5.69 Å². The zero-order valence-corrected chi connectivity index (χ0v) is 12.6. The highest BCUT2D eigenvalue weighted by atomic mass is 16.2. The Hall–Kier alpha value is -2.50. The minimum absolute atomic E-state index is 0.274. The van der Waals surface area contributed by atoms with Crippen LogP contribution in [-0.4, -0.2) is 20.7 Å². The highest BCUT2D eigenvalue weighted by molar-refractivity contribution is 5.92. The summed E-state index contributed by atoms with van der Waals surface area (Å²) in [7, 11) is 0. The van der Waals surface area contributed by atoms with Gasteiger partial charge in [-0.1, -0.05) is 6.07 Å². The van der Waals surface area contributed by atoms with E-state index < -0.39 is 6.04 Å². The number of anilines is 1. The summed E-state index contributed by atoms with van der Waals surface area (Å²) in [4.78, 5) is 28.4. The van der Waals surface area contributed by atoms with Gasteiger partial charge in [0.15, 0.2) is 0 Å². The molecule has 1 amide bonds. The molecule has 0 aromatic carbocycles. The number of aromatic nitrogens is 3. The number of nitrogens with zero attached hydrogens (tertiary/aromatic N) is 3. The van der Waals surface area contributed by atoms with Gasteiger partial charge < -0.3 is 5.32 Å². The van der Waals surface area contributed by atoms with Crippen molar-refractivity contribution in [2.24, 2.45) is 0 Å². The molecule has 2 aromatic heterocycles. The summed E-state index contributed by atoms with van der Waals surface area (Å²) in [5.74, 6) is 0.591. The summed E-state index contributed by atoms with van der Waals surface area (Å²) in [6.45, 7) is 3.59. The Balaban J connectivity index is 1.79. The van der Waals surface area contributed by atoms with Crippen LogP contribution in [0.4, 0.5) is 5.82 Å². The maximum absolute atomic E-state index is 12.3. The molecule has 1 aliphatic rings. The Morgan fingerprint density at radius 3 is 2.73 bits per heavy atom. The van der Waals surface area contributed by atoms with E-state index in [4.69, 9.17) is 0 Å². The van der Waals surface area contributed by atoms with Crippen LogP contribution >= 0.6 is 0 Å². The van der Waals surface area contributed by atoms with Crippen molar-refractivity contribution in [2.45, 2.75) is 38.6 Å². The number of amides is 1. The van der Waals surface area contributed by atoms with Crippen molar-refractivity contribution >= 4 is 11.7 Å². The lowest BCUT2D eigenvalue weighted by atomic mass is 10.2. The molecule has 114 valence electrons. The van der Waals surface area contributed by atoms with Crippen molar-refractivity contribution in [3.05, 3.63) is 52.1 Å². The Labute approximate surface area is 128 Å². The summed E-state index contributed by atoms with van der Waals surface area (Å²) in [5, 5.41) is 7.04. The Morgan fingerprint density at radius 1 is 1.32 bits per heavy atom. The molecule has 1 fully saturated rings. The normalized spacial score (nSPS) is 15.4. The third-order valence-corrected chi connectivity index (χ3v) is 3.75. The molecule has 0 radical (unpaired) electrons. The molecule has 22 heavy (non-hydrogen) atoms. The fraction of sp³-hybridized carbons (Fsp3) is 0.375. The first-order chi connectivity index (χ1) is 10.5. The molecule has 2 aromatic rings. The molecule has 6 heteroatoms. The quantitative estimate of drug-likeness (QED) is 0.937. The number of hydrogen-bond acceptors (Lipinski definition) is 4. The highest BCUT2D eigenvalue weighted by Crippen LogP contribution is 2.38. The van der Waals surface area contributed by atoms with E-state index in [0.29, 0.717) is 11.7 Å². The van der Waals surface area contributed by atoms with Gasteiger partial charge >= 0.3 is 0 Å². The van der Waals surface area contributed by atoms with Crippen LogP contribution in [0.3, 0.4) is 0 Å². The standard InChI is InChI=1S/C16H18N4O2/c1-10-3-7-14(17-9-10)18-16(22)11(2)20-15(21)8-6-13(19-20)12-4-5-12/h3,6-9,11-12H,4-5H2,1-2H3,(H,17,18,22)/t11-/m1/s1. The smallest absolute Gasteiger partial charge is 0.267 e. The first-order valence-electron chi connectivity index (χ1n) is 7.38. The van der Waals surface area contributed by atoms with Crippen molar-refractivity contribution in [1.29, 1.82) is 0 Å². The van der Waals surface area contributed by atoms with Gasteiger partial charge in [-0.3, -0.25) is 9.59 Å². The van der Waals surface area contributed by atoms with Crippen LogP contribution in [0.5, 0.6) is 0 Å². The Kier molecular flexibility index (Phi) is 3.75. The summed E-state index contributed by atoms with van der Waals surface area (Å²) < 4.78 is 1.25. The Bertz CT molecular complexity index is 747. The first kappa shape index (κ1) is 14.4. The van der Waals surface area contributed by atoms with Gasteiger partial charge in [-0.2, -0.15) is 5.10 Å². The van der Waals surface area contributed by atoms with Crippen molar-refractivity contribution in [3.8, 4) is 0 Å². The maximum Gasteiger partial charge on any atom is 0.267 e. The average Bonchev–Trinajstić information content (AvgIpc) is 3.34. The highest BCUT2D eigenvalue weighted by Gasteiger charge is 2.27. The van der Waals surface area contributed by atoms with E-state index in [-0.39, 0.29) is 11.5 Å². The summed E-state index contributed by atoms with van der Waals surface area (Å²) in [6, 6.07) is 6.15. The minimum atomic E-state index is -0.686. The molecule has 2 heterocycles.